The molecule has 0 radical (unpaired) electrons. The van der Waals surface area contributed by atoms with Gasteiger partial charge in [0.05, 0.1) is 12.4 Å². The van der Waals surface area contributed by atoms with Gasteiger partial charge in [-0.25, -0.2) is 4.98 Å². The van der Waals surface area contributed by atoms with Crippen molar-refractivity contribution in [2.24, 2.45) is 0 Å². The molecule has 0 bridgehead atoms. The third-order valence-corrected chi connectivity index (χ3v) is 3.89. The minimum absolute atomic E-state index is 0.242. The molecule has 0 aliphatic carbocycles. The lowest BCUT2D eigenvalue weighted by Gasteiger charge is -2.15. The quantitative estimate of drug-likeness (QED) is 0.725. The number of nitrogens with zero attached hydrogens (tertiary/aromatic N) is 2. The van der Waals surface area contributed by atoms with Crippen molar-refractivity contribution >= 4 is 5.91 Å². The molecule has 1 amide bonds. The van der Waals surface area contributed by atoms with Crippen LogP contribution in [-0.2, 0) is 0 Å². The van der Waals surface area contributed by atoms with Crippen LogP contribution in [0.3, 0.4) is 0 Å². The number of carbonyl (C=O) groups excluding carboxylic acids is 1. The zero-order valence-corrected chi connectivity index (χ0v) is 14.3. The van der Waals surface area contributed by atoms with Gasteiger partial charge in [0.1, 0.15) is 5.75 Å². The van der Waals surface area contributed by atoms with E-state index in [0.29, 0.717) is 0 Å². The van der Waals surface area contributed by atoms with E-state index in [0.717, 1.165) is 23.4 Å². The maximum absolute atomic E-state index is 12.3. The van der Waals surface area contributed by atoms with Gasteiger partial charge >= 0.3 is 6.36 Å². The maximum atomic E-state index is 12.3. The number of hydrogen-bond acceptors (Lipinski definition) is 3. The monoisotopic (exact) mass is 375 g/mol. The zero-order valence-electron chi connectivity index (χ0n) is 14.3. The van der Waals surface area contributed by atoms with Crippen molar-refractivity contribution in [2.45, 2.75) is 19.3 Å². The molecule has 140 valence electrons. The van der Waals surface area contributed by atoms with Crippen LogP contribution in [0.5, 0.6) is 5.75 Å². The van der Waals surface area contributed by atoms with Gasteiger partial charge in [0.15, 0.2) is 0 Å². The normalized spacial score (nSPS) is 12.4. The number of ether oxygens (including phenoxy) is 1. The van der Waals surface area contributed by atoms with Crippen LogP contribution in [0.2, 0.25) is 0 Å². The van der Waals surface area contributed by atoms with Crippen LogP contribution in [-0.4, -0.2) is 21.8 Å². The Morgan fingerprint density at radius 1 is 1.11 bits per heavy atom. The van der Waals surface area contributed by atoms with Gasteiger partial charge < -0.3 is 14.6 Å². The number of alkyl halides is 3. The molecule has 1 N–H and O–H groups in total. The van der Waals surface area contributed by atoms with Crippen LogP contribution < -0.4 is 10.1 Å². The molecule has 1 aromatic heterocycles. The highest BCUT2D eigenvalue weighted by Crippen LogP contribution is 2.23. The molecule has 0 saturated heterocycles. The van der Waals surface area contributed by atoms with Crippen LogP contribution in [0.25, 0.3) is 5.69 Å². The Hall–Kier alpha value is -3.29. The topological polar surface area (TPSA) is 56.1 Å². The van der Waals surface area contributed by atoms with Crippen LogP contribution in [0.15, 0.2) is 67.3 Å². The fourth-order valence-corrected chi connectivity index (χ4v) is 2.52. The van der Waals surface area contributed by atoms with E-state index < -0.39 is 6.36 Å². The molecule has 5 nitrogen and oxygen atoms in total. The average Bonchev–Trinajstić information content (AvgIpc) is 3.15. The Morgan fingerprint density at radius 3 is 2.33 bits per heavy atom. The summed E-state index contributed by atoms with van der Waals surface area (Å²) in [7, 11) is 0. The molecule has 2 aromatic carbocycles. The second kappa shape index (κ2) is 7.53. The largest absolute Gasteiger partial charge is 0.573 e. The van der Waals surface area contributed by atoms with E-state index in [1.807, 2.05) is 42.0 Å². The summed E-state index contributed by atoms with van der Waals surface area (Å²) in [4.78, 5) is 16.3. The second-order valence-electron chi connectivity index (χ2n) is 5.83. The highest BCUT2D eigenvalue weighted by Gasteiger charge is 2.31. The molecule has 27 heavy (non-hydrogen) atoms. The second-order valence-corrected chi connectivity index (χ2v) is 5.83. The van der Waals surface area contributed by atoms with Gasteiger partial charge in [0.25, 0.3) is 5.91 Å². The smallest absolute Gasteiger partial charge is 0.406 e. The van der Waals surface area contributed by atoms with Gasteiger partial charge in [-0.05, 0) is 48.9 Å². The summed E-state index contributed by atoms with van der Waals surface area (Å²) in [6.07, 6.45) is 0.432. The summed E-state index contributed by atoms with van der Waals surface area (Å²) in [5.74, 6) is -0.762. The Morgan fingerprint density at radius 2 is 1.78 bits per heavy atom. The van der Waals surface area contributed by atoms with Crippen LogP contribution >= 0.6 is 0 Å². The van der Waals surface area contributed by atoms with Crippen molar-refractivity contribution in [1.82, 2.24) is 14.9 Å². The van der Waals surface area contributed by atoms with Gasteiger partial charge in [-0.15, -0.1) is 13.2 Å². The van der Waals surface area contributed by atoms with E-state index in [1.165, 1.54) is 12.1 Å². The molecule has 0 fully saturated rings. The van der Waals surface area contributed by atoms with Gasteiger partial charge in [0, 0.05) is 23.6 Å². The lowest BCUT2D eigenvalue weighted by molar-refractivity contribution is -0.274. The number of halogens is 3. The molecule has 3 aromatic rings. The molecular formula is C19H16F3N3O2. The molecule has 3 rings (SSSR count). The fraction of sp³-hybridized carbons (Fsp3) is 0.158. The minimum atomic E-state index is -4.76. The lowest BCUT2D eigenvalue weighted by atomic mass is 10.1. The summed E-state index contributed by atoms with van der Waals surface area (Å²) in [6, 6.07) is 12.1. The Labute approximate surface area is 153 Å². The summed E-state index contributed by atoms with van der Waals surface area (Å²) in [5, 5.41) is 2.81. The Kier molecular flexibility index (Phi) is 5.16. The number of hydrogen-bond donors (Lipinski definition) is 1. The van der Waals surface area contributed by atoms with E-state index in [2.05, 4.69) is 15.0 Å². The van der Waals surface area contributed by atoms with Crippen molar-refractivity contribution in [1.29, 1.82) is 0 Å². The van der Waals surface area contributed by atoms with Gasteiger partial charge in [-0.1, -0.05) is 12.1 Å². The number of amides is 1. The highest BCUT2D eigenvalue weighted by molar-refractivity contribution is 5.94. The third-order valence-electron chi connectivity index (χ3n) is 3.89. The van der Waals surface area contributed by atoms with E-state index in [4.69, 9.17) is 0 Å². The molecular weight excluding hydrogens is 359 g/mol. The predicted octanol–water partition coefficient (Wildman–Crippen LogP) is 4.26. The first-order valence-corrected chi connectivity index (χ1v) is 8.07. The average molecular weight is 375 g/mol. The van der Waals surface area contributed by atoms with Crippen molar-refractivity contribution in [3.8, 4) is 11.4 Å². The summed E-state index contributed by atoms with van der Waals surface area (Å²) < 4.78 is 42.2. The first-order valence-electron chi connectivity index (χ1n) is 8.07. The maximum Gasteiger partial charge on any atom is 0.573 e. The summed E-state index contributed by atoms with van der Waals surface area (Å²) in [5.41, 5.74) is 2.07. The van der Waals surface area contributed by atoms with Crippen molar-refractivity contribution < 1.29 is 22.7 Å². The molecule has 1 atom stereocenters. The number of imidazole rings is 1. The SMILES string of the molecule is C[C@H](NC(=O)c1ccc(OC(F)(F)F)cc1)c1ccc(-n2ccnc2)cc1. The number of rotatable bonds is 5. The van der Waals surface area contributed by atoms with E-state index in [1.54, 1.807) is 12.5 Å². The van der Waals surface area contributed by atoms with Gasteiger partial charge in [-0.3, -0.25) is 4.79 Å². The van der Waals surface area contributed by atoms with Crippen molar-refractivity contribution in [3.05, 3.63) is 78.4 Å². The Bertz CT molecular complexity index is 889. The molecule has 0 aliphatic heterocycles. The standard InChI is InChI=1S/C19H16F3N3O2/c1-13(14-2-6-16(7-3-14)25-11-10-23-12-25)24-18(26)15-4-8-17(9-5-15)27-19(20,21)22/h2-13H,1H3,(H,24,26)/t13-/m0/s1. The molecule has 8 heteroatoms. The summed E-state index contributed by atoms with van der Waals surface area (Å²) in [6.45, 7) is 1.82. The van der Waals surface area contributed by atoms with E-state index >= 15 is 0 Å². The first-order chi connectivity index (χ1) is 12.8. The van der Waals surface area contributed by atoms with E-state index in [9.17, 15) is 18.0 Å². The molecule has 0 saturated carbocycles. The van der Waals surface area contributed by atoms with Crippen molar-refractivity contribution in [3.63, 3.8) is 0 Å². The van der Waals surface area contributed by atoms with Gasteiger partial charge in [-0.2, -0.15) is 0 Å². The van der Waals surface area contributed by atoms with Crippen LogP contribution in [0, 0.1) is 0 Å². The predicted molar refractivity (Wildman–Crippen MR) is 92.6 cm³/mol. The highest BCUT2D eigenvalue weighted by atomic mass is 19.4. The fourth-order valence-electron chi connectivity index (χ4n) is 2.52. The zero-order chi connectivity index (χ0) is 19.4. The first kappa shape index (κ1) is 18.5. The van der Waals surface area contributed by atoms with Crippen LogP contribution in [0.1, 0.15) is 28.9 Å². The van der Waals surface area contributed by atoms with Crippen molar-refractivity contribution in [2.75, 3.05) is 0 Å². The minimum Gasteiger partial charge on any atom is -0.406 e. The molecule has 0 spiro atoms. The lowest BCUT2D eigenvalue weighted by Crippen LogP contribution is -2.26. The summed E-state index contributed by atoms with van der Waals surface area (Å²) >= 11 is 0. The number of aromatic nitrogens is 2. The number of benzene rings is 2. The Balaban J connectivity index is 1.63. The molecule has 0 aliphatic rings. The number of nitrogens with one attached hydrogen (secondary N) is 1. The van der Waals surface area contributed by atoms with Crippen LogP contribution in [0.4, 0.5) is 13.2 Å². The molecule has 1 heterocycles. The third kappa shape index (κ3) is 4.87. The molecule has 0 unspecified atom stereocenters. The number of carbonyl (C=O) groups is 1. The van der Waals surface area contributed by atoms with Gasteiger partial charge in [0.2, 0.25) is 0 Å². The van der Waals surface area contributed by atoms with E-state index in [-0.39, 0.29) is 23.3 Å².